The summed E-state index contributed by atoms with van der Waals surface area (Å²) in [5.41, 5.74) is 0.363. The zero-order chi connectivity index (χ0) is 19.6. The molecule has 2 aromatic rings. The summed E-state index contributed by atoms with van der Waals surface area (Å²) in [6.45, 7) is 7.45. The molecule has 0 saturated carbocycles. The minimum Gasteiger partial charge on any atom is -0.493 e. The summed E-state index contributed by atoms with van der Waals surface area (Å²) in [5.74, 6) is -1.25. The predicted molar refractivity (Wildman–Crippen MR) is 103 cm³/mol. The molecule has 0 aliphatic carbocycles. The lowest BCUT2D eigenvalue weighted by molar-refractivity contribution is 0.0682. The van der Waals surface area contributed by atoms with Crippen LogP contribution < -0.4 is 9.47 Å². The zero-order valence-corrected chi connectivity index (χ0v) is 15.7. The van der Waals surface area contributed by atoms with Gasteiger partial charge in [0.25, 0.3) is 0 Å². The Morgan fingerprint density at radius 1 is 1.04 bits per heavy atom. The number of hydrogen-bond donors (Lipinski definition) is 1. The third-order valence-corrected chi connectivity index (χ3v) is 4.17. The summed E-state index contributed by atoms with van der Waals surface area (Å²) < 4.78 is 10.9. The molecule has 0 aliphatic rings. The highest BCUT2D eigenvalue weighted by atomic mass is 16.5. The van der Waals surface area contributed by atoms with Crippen molar-refractivity contribution in [2.24, 2.45) is 0 Å². The average Bonchev–Trinajstić information content (AvgIpc) is 2.69. The molecule has 6 heteroatoms. The number of ether oxygens (including phenoxy) is 2. The van der Waals surface area contributed by atoms with Crippen molar-refractivity contribution in [1.29, 1.82) is 0 Å². The van der Waals surface area contributed by atoms with Gasteiger partial charge in [-0.3, -0.25) is 0 Å². The fourth-order valence-corrected chi connectivity index (χ4v) is 2.62. The number of hydrogen-bond acceptors (Lipinski definition) is 5. The number of esters is 1. The van der Waals surface area contributed by atoms with Crippen molar-refractivity contribution in [1.82, 2.24) is 4.90 Å². The number of carbonyl (C=O) groups excluding carboxylic acids is 1. The molecule has 2 rings (SSSR count). The van der Waals surface area contributed by atoms with Gasteiger partial charge in [0.15, 0.2) is 0 Å². The fourth-order valence-electron chi connectivity index (χ4n) is 2.62. The second-order valence-electron chi connectivity index (χ2n) is 5.95. The second-order valence-corrected chi connectivity index (χ2v) is 5.95. The van der Waals surface area contributed by atoms with E-state index in [0.29, 0.717) is 12.2 Å². The van der Waals surface area contributed by atoms with Gasteiger partial charge in [-0.15, -0.1) is 0 Å². The Kier molecular flexibility index (Phi) is 7.82. The van der Waals surface area contributed by atoms with E-state index in [1.807, 2.05) is 0 Å². The quantitative estimate of drug-likeness (QED) is 0.390. The monoisotopic (exact) mass is 371 g/mol. The first kappa shape index (κ1) is 20.5. The number of carboxylic acids is 1. The average molecular weight is 371 g/mol. The number of rotatable bonds is 10. The number of benzene rings is 2. The molecule has 0 saturated heterocycles. The molecule has 0 fully saturated rings. The van der Waals surface area contributed by atoms with Crippen molar-refractivity contribution in [3.05, 3.63) is 59.7 Å². The van der Waals surface area contributed by atoms with Crippen LogP contribution in [0.4, 0.5) is 0 Å². The highest BCUT2D eigenvalue weighted by molar-refractivity contribution is 5.93. The summed E-state index contributed by atoms with van der Waals surface area (Å²) in [6.07, 6.45) is 0.797. The number of nitrogens with zero attached hydrogens (tertiary/aromatic N) is 1. The minimum atomic E-state index is -1.13. The number of aromatic carboxylic acids is 1. The Balaban J connectivity index is 2.01. The molecular formula is C21H25NO5. The lowest BCUT2D eigenvalue weighted by atomic mass is 10.2. The maximum absolute atomic E-state index is 12.1. The van der Waals surface area contributed by atoms with Crippen LogP contribution in [0.25, 0.3) is 0 Å². The van der Waals surface area contributed by atoms with Gasteiger partial charge in [-0.1, -0.05) is 32.0 Å². The third-order valence-electron chi connectivity index (χ3n) is 4.17. The van der Waals surface area contributed by atoms with Crippen LogP contribution in [-0.2, 0) is 0 Å². The molecular weight excluding hydrogens is 346 g/mol. The molecule has 0 heterocycles. The van der Waals surface area contributed by atoms with E-state index in [1.165, 1.54) is 18.2 Å². The van der Waals surface area contributed by atoms with E-state index in [1.54, 1.807) is 30.3 Å². The van der Waals surface area contributed by atoms with Crippen LogP contribution in [0.3, 0.4) is 0 Å². The van der Waals surface area contributed by atoms with Crippen LogP contribution >= 0.6 is 0 Å². The largest absolute Gasteiger partial charge is 0.493 e. The van der Waals surface area contributed by atoms with Gasteiger partial charge in [-0.05, 0) is 49.8 Å². The highest BCUT2D eigenvalue weighted by Gasteiger charge is 2.15. The standard InChI is InChI=1S/C21H25NO5/c1-3-22(4-2)13-8-14-26-19-12-11-17(15-18(19)20(23)24)27-21(25)16-9-6-5-7-10-16/h5-7,9-12,15H,3-4,8,13-14H2,1-2H3,(H,23,24). The van der Waals surface area contributed by atoms with Gasteiger partial charge >= 0.3 is 11.9 Å². The summed E-state index contributed by atoms with van der Waals surface area (Å²) >= 11 is 0. The lowest BCUT2D eigenvalue weighted by Gasteiger charge is -2.18. The molecule has 1 N–H and O–H groups in total. The first-order valence-corrected chi connectivity index (χ1v) is 9.04. The smallest absolute Gasteiger partial charge is 0.343 e. The van der Waals surface area contributed by atoms with E-state index in [4.69, 9.17) is 9.47 Å². The van der Waals surface area contributed by atoms with Crippen molar-refractivity contribution < 1.29 is 24.2 Å². The van der Waals surface area contributed by atoms with Gasteiger partial charge in [-0.25, -0.2) is 9.59 Å². The molecule has 2 aromatic carbocycles. The minimum absolute atomic E-state index is 0.0313. The van der Waals surface area contributed by atoms with Gasteiger partial charge in [0.05, 0.1) is 12.2 Å². The molecule has 0 bridgehead atoms. The SMILES string of the molecule is CCN(CC)CCCOc1ccc(OC(=O)c2ccccc2)cc1C(=O)O. The molecule has 0 atom stereocenters. The van der Waals surface area contributed by atoms with Crippen LogP contribution in [0.15, 0.2) is 48.5 Å². The van der Waals surface area contributed by atoms with Gasteiger partial charge in [0.1, 0.15) is 17.1 Å². The van der Waals surface area contributed by atoms with E-state index in [9.17, 15) is 14.7 Å². The number of carboxylic acid groups (broad SMARTS) is 1. The normalized spacial score (nSPS) is 10.6. The molecule has 0 unspecified atom stereocenters. The Labute approximate surface area is 159 Å². The maximum Gasteiger partial charge on any atom is 0.343 e. The van der Waals surface area contributed by atoms with Gasteiger partial charge in [0.2, 0.25) is 0 Å². The molecule has 0 aliphatic heterocycles. The van der Waals surface area contributed by atoms with Crippen molar-refractivity contribution in [3.8, 4) is 11.5 Å². The molecule has 0 amide bonds. The van der Waals surface area contributed by atoms with Crippen molar-refractivity contribution in [3.63, 3.8) is 0 Å². The fraction of sp³-hybridized carbons (Fsp3) is 0.333. The van der Waals surface area contributed by atoms with Crippen molar-refractivity contribution in [2.45, 2.75) is 20.3 Å². The van der Waals surface area contributed by atoms with Crippen LogP contribution in [0.5, 0.6) is 11.5 Å². The highest BCUT2D eigenvalue weighted by Crippen LogP contribution is 2.25. The van der Waals surface area contributed by atoms with Crippen molar-refractivity contribution in [2.75, 3.05) is 26.2 Å². The maximum atomic E-state index is 12.1. The van der Waals surface area contributed by atoms with Gasteiger partial charge < -0.3 is 19.5 Å². The Hall–Kier alpha value is -2.86. The molecule has 144 valence electrons. The predicted octanol–water partition coefficient (Wildman–Crippen LogP) is 3.71. The van der Waals surface area contributed by atoms with Crippen LogP contribution in [-0.4, -0.2) is 48.2 Å². The molecule has 0 aromatic heterocycles. The molecule has 0 spiro atoms. The van der Waals surface area contributed by atoms with E-state index >= 15 is 0 Å². The Bertz CT molecular complexity index is 756. The van der Waals surface area contributed by atoms with Crippen LogP contribution in [0.1, 0.15) is 41.0 Å². The summed E-state index contributed by atoms with van der Waals surface area (Å²) in [6, 6.07) is 12.9. The van der Waals surface area contributed by atoms with Gasteiger partial charge in [-0.2, -0.15) is 0 Å². The Morgan fingerprint density at radius 3 is 2.37 bits per heavy atom. The summed E-state index contributed by atoms with van der Waals surface area (Å²) in [7, 11) is 0. The number of carbonyl (C=O) groups is 2. The van der Waals surface area contributed by atoms with E-state index < -0.39 is 11.9 Å². The second kappa shape index (κ2) is 10.3. The first-order chi connectivity index (χ1) is 13.0. The van der Waals surface area contributed by atoms with Crippen LogP contribution in [0.2, 0.25) is 0 Å². The topological polar surface area (TPSA) is 76.1 Å². The summed E-state index contributed by atoms with van der Waals surface area (Å²) in [4.78, 5) is 25.9. The zero-order valence-electron chi connectivity index (χ0n) is 15.7. The molecule has 6 nitrogen and oxygen atoms in total. The molecule has 27 heavy (non-hydrogen) atoms. The van der Waals surface area contributed by atoms with Crippen molar-refractivity contribution >= 4 is 11.9 Å². The molecule has 0 radical (unpaired) electrons. The summed E-state index contributed by atoms with van der Waals surface area (Å²) in [5, 5.41) is 9.43. The van der Waals surface area contributed by atoms with E-state index in [-0.39, 0.29) is 17.1 Å². The van der Waals surface area contributed by atoms with E-state index in [0.717, 1.165) is 26.1 Å². The van der Waals surface area contributed by atoms with Gasteiger partial charge in [0, 0.05) is 6.54 Å². The lowest BCUT2D eigenvalue weighted by Crippen LogP contribution is -2.25. The Morgan fingerprint density at radius 2 is 1.74 bits per heavy atom. The first-order valence-electron chi connectivity index (χ1n) is 9.04. The van der Waals surface area contributed by atoms with Crippen LogP contribution in [0, 0.1) is 0 Å². The van der Waals surface area contributed by atoms with E-state index in [2.05, 4.69) is 18.7 Å². The third kappa shape index (κ3) is 6.11.